The van der Waals surface area contributed by atoms with Gasteiger partial charge < -0.3 is 4.52 Å². The minimum Gasteiger partial charge on any atom is -0.339 e. The molecule has 0 spiro atoms. The third-order valence-electron chi connectivity index (χ3n) is 4.16. The van der Waals surface area contributed by atoms with Gasteiger partial charge in [0.05, 0.1) is 0 Å². The summed E-state index contributed by atoms with van der Waals surface area (Å²) in [6, 6.07) is 0. The second kappa shape index (κ2) is 5.66. The van der Waals surface area contributed by atoms with Gasteiger partial charge in [0, 0.05) is 39.5 Å². The quantitative estimate of drug-likeness (QED) is 0.810. The van der Waals surface area contributed by atoms with E-state index in [0.29, 0.717) is 31.3 Å². The van der Waals surface area contributed by atoms with Gasteiger partial charge in [0.1, 0.15) is 0 Å². The molecule has 1 saturated carbocycles. The van der Waals surface area contributed by atoms with Crippen molar-refractivity contribution in [2.24, 2.45) is 5.92 Å². The maximum absolute atomic E-state index is 12.2. The first-order valence-electron chi connectivity index (χ1n) is 7.47. The van der Waals surface area contributed by atoms with Gasteiger partial charge in [-0.05, 0) is 31.6 Å². The Bertz CT molecular complexity index is 594. The van der Waals surface area contributed by atoms with E-state index in [1.807, 2.05) is 0 Å². The Hall–Kier alpha value is -0.990. The number of piperidine rings is 1. The Kier molecular flexibility index (Phi) is 4.02. The SMILES string of the molecule is CN(C)S(=O)(=O)N1CCCC(Cc2nc(C3CC3)no2)C1. The van der Waals surface area contributed by atoms with Crippen LogP contribution >= 0.6 is 0 Å². The summed E-state index contributed by atoms with van der Waals surface area (Å²) < 4.78 is 32.5. The fourth-order valence-electron chi connectivity index (χ4n) is 2.74. The second-order valence-electron chi connectivity index (χ2n) is 6.18. The van der Waals surface area contributed by atoms with E-state index in [4.69, 9.17) is 4.52 Å². The van der Waals surface area contributed by atoms with Crippen LogP contribution in [0.15, 0.2) is 4.52 Å². The van der Waals surface area contributed by atoms with Gasteiger partial charge in [-0.1, -0.05) is 5.16 Å². The number of hydrogen-bond donors (Lipinski definition) is 0. The van der Waals surface area contributed by atoms with Gasteiger partial charge in [-0.25, -0.2) is 0 Å². The van der Waals surface area contributed by atoms with Gasteiger partial charge in [0.2, 0.25) is 5.89 Å². The third-order valence-corrected chi connectivity index (χ3v) is 6.07. The molecule has 1 aromatic heterocycles. The fraction of sp³-hybridized carbons (Fsp3) is 0.846. The van der Waals surface area contributed by atoms with Crippen LogP contribution in [0.5, 0.6) is 0 Å². The maximum Gasteiger partial charge on any atom is 0.281 e. The van der Waals surface area contributed by atoms with Crippen molar-refractivity contribution in [3.05, 3.63) is 11.7 Å². The molecule has 0 radical (unpaired) electrons. The van der Waals surface area contributed by atoms with Crippen molar-refractivity contribution in [2.45, 2.75) is 38.0 Å². The number of aromatic nitrogens is 2. The van der Waals surface area contributed by atoms with E-state index >= 15 is 0 Å². The zero-order valence-electron chi connectivity index (χ0n) is 12.5. The molecule has 0 N–H and O–H groups in total. The van der Waals surface area contributed by atoms with Crippen LogP contribution in [0.1, 0.15) is 43.3 Å². The van der Waals surface area contributed by atoms with Gasteiger partial charge in [0.25, 0.3) is 10.2 Å². The smallest absolute Gasteiger partial charge is 0.281 e. The predicted octanol–water partition coefficient (Wildman–Crippen LogP) is 1.01. The minimum atomic E-state index is -3.32. The highest BCUT2D eigenvalue weighted by Gasteiger charge is 2.32. The molecule has 2 heterocycles. The molecule has 1 aliphatic heterocycles. The molecular weight excluding hydrogens is 292 g/mol. The standard InChI is InChI=1S/C13H22N4O3S/c1-16(2)21(18,19)17-7-3-4-10(9-17)8-12-14-13(15-20-12)11-5-6-11/h10-11H,3-9H2,1-2H3. The van der Waals surface area contributed by atoms with E-state index in [9.17, 15) is 8.42 Å². The average Bonchev–Trinajstić information content (AvgIpc) is 3.20. The highest BCUT2D eigenvalue weighted by Crippen LogP contribution is 2.38. The fourth-order valence-corrected chi connectivity index (χ4v) is 3.96. The van der Waals surface area contributed by atoms with Crippen molar-refractivity contribution in [2.75, 3.05) is 27.2 Å². The van der Waals surface area contributed by atoms with Gasteiger partial charge >= 0.3 is 0 Å². The second-order valence-corrected chi connectivity index (χ2v) is 8.32. The maximum atomic E-state index is 12.2. The summed E-state index contributed by atoms with van der Waals surface area (Å²) in [6.07, 6.45) is 4.84. The lowest BCUT2D eigenvalue weighted by atomic mass is 9.96. The Balaban J connectivity index is 1.62. The first-order chi connectivity index (χ1) is 9.96. The molecule has 118 valence electrons. The van der Waals surface area contributed by atoms with Crippen LogP contribution in [-0.2, 0) is 16.6 Å². The monoisotopic (exact) mass is 314 g/mol. The van der Waals surface area contributed by atoms with Crippen LogP contribution in [0.25, 0.3) is 0 Å². The summed E-state index contributed by atoms with van der Waals surface area (Å²) in [5, 5.41) is 4.01. The van der Waals surface area contributed by atoms with E-state index in [0.717, 1.165) is 31.5 Å². The van der Waals surface area contributed by atoms with Crippen molar-refractivity contribution in [1.29, 1.82) is 0 Å². The van der Waals surface area contributed by atoms with Gasteiger partial charge in [-0.2, -0.15) is 22.0 Å². The highest BCUT2D eigenvalue weighted by atomic mass is 32.2. The van der Waals surface area contributed by atoms with E-state index in [1.54, 1.807) is 18.4 Å². The molecule has 7 nitrogen and oxygen atoms in total. The molecule has 1 atom stereocenters. The number of nitrogens with zero attached hydrogens (tertiary/aromatic N) is 4. The Morgan fingerprint density at radius 2 is 2.10 bits per heavy atom. The topological polar surface area (TPSA) is 79.5 Å². The van der Waals surface area contributed by atoms with E-state index in [2.05, 4.69) is 10.1 Å². The lowest BCUT2D eigenvalue weighted by Crippen LogP contribution is -2.45. The molecule has 1 saturated heterocycles. The molecule has 3 rings (SSSR count). The first kappa shape index (κ1) is 14.9. The minimum absolute atomic E-state index is 0.251. The Morgan fingerprint density at radius 3 is 2.76 bits per heavy atom. The normalized spacial score (nSPS) is 24.6. The van der Waals surface area contributed by atoms with Crippen LogP contribution in [0.4, 0.5) is 0 Å². The zero-order chi connectivity index (χ0) is 15.0. The molecule has 0 amide bonds. The van der Waals surface area contributed by atoms with Gasteiger partial charge in [-0.15, -0.1) is 0 Å². The summed E-state index contributed by atoms with van der Waals surface area (Å²) in [6.45, 7) is 1.12. The highest BCUT2D eigenvalue weighted by molar-refractivity contribution is 7.86. The molecule has 8 heteroatoms. The molecule has 0 aromatic carbocycles. The van der Waals surface area contributed by atoms with Gasteiger partial charge in [-0.3, -0.25) is 0 Å². The Morgan fingerprint density at radius 1 is 1.33 bits per heavy atom. The molecular formula is C13H22N4O3S. The predicted molar refractivity (Wildman–Crippen MR) is 76.9 cm³/mol. The first-order valence-corrected chi connectivity index (χ1v) is 8.86. The zero-order valence-corrected chi connectivity index (χ0v) is 13.3. The van der Waals surface area contributed by atoms with Crippen LogP contribution < -0.4 is 0 Å². The van der Waals surface area contributed by atoms with Crippen molar-refractivity contribution in [3.63, 3.8) is 0 Å². The summed E-state index contributed by atoms with van der Waals surface area (Å²) >= 11 is 0. The number of rotatable bonds is 5. The van der Waals surface area contributed by atoms with Crippen molar-refractivity contribution >= 4 is 10.2 Å². The van der Waals surface area contributed by atoms with E-state index in [1.165, 1.54) is 4.31 Å². The van der Waals surface area contributed by atoms with Crippen molar-refractivity contribution in [3.8, 4) is 0 Å². The lowest BCUT2D eigenvalue weighted by Gasteiger charge is -2.32. The summed E-state index contributed by atoms with van der Waals surface area (Å²) in [5.74, 6) is 2.20. The van der Waals surface area contributed by atoms with Crippen LogP contribution in [0.3, 0.4) is 0 Å². The van der Waals surface area contributed by atoms with Crippen molar-refractivity contribution in [1.82, 2.24) is 18.8 Å². The van der Waals surface area contributed by atoms with Crippen LogP contribution in [-0.4, -0.2) is 54.4 Å². The van der Waals surface area contributed by atoms with Gasteiger partial charge in [0.15, 0.2) is 5.82 Å². The molecule has 1 aliphatic carbocycles. The average molecular weight is 314 g/mol. The Labute approximate surface area is 125 Å². The molecule has 21 heavy (non-hydrogen) atoms. The van der Waals surface area contributed by atoms with E-state index in [-0.39, 0.29) is 5.92 Å². The third kappa shape index (κ3) is 3.27. The molecule has 1 unspecified atom stereocenters. The summed E-state index contributed by atoms with van der Waals surface area (Å²) in [4.78, 5) is 4.43. The van der Waals surface area contributed by atoms with Crippen molar-refractivity contribution < 1.29 is 12.9 Å². The lowest BCUT2D eigenvalue weighted by molar-refractivity contribution is 0.238. The van der Waals surface area contributed by atoms with E-state index < -0.39 is 10.2 Å². The van der Waals surface area contributed by atoms with Crippen LogP contribution in [0, 0.1) is 5.92 Å². The van der Waals surface area contributed by atoms with Crippen LogP contribution in [0.2, 0.25) is 0 Å². The largest absolute Gasteiger partial charge is 0.339 e. The molecule has 1 aromatic rings. The molecule has 2 fully saturated rings. The molecule has 2 aliphatic rings. The summed E-state index contributed by atoms with van der Waals surface area (Å²) in [7, 11) is -0.187. The molecule has 0 bridgehead atoms. The number of hydrogen-bond acceptors (Lipinski definition) is 5. The summed E-state index contributed by atoms with van der Waals surface area (Å²) in [5.41, 5.74) is 0.